The number of benzene rings is 3. The van der Waals surface area contributed by atoms with Crippen LogP contribution < -0.4 is 0 Å². The molecule has 270 valence electrons. The first-order valence-electron chi connectivity index (χ1n) is 17.4. The Bertz CT molecular complexity index is 1530. The molecule has 3 aromatic carbocycles. The van der Waals surface area contributed by atoms with Gasteiger partial charge in [-0.05, 0) is 78.6 Å². The molecule has 0 aliphatic carbocycles. The lowest BCUT2D eigenvalue weighted by Gasteiger charge is -2.38. The molecule has 5 rings (SSSR count). The lowest BCUT2D eigenvalue weighted by atomic mass is 10.1. The van der Waals surface area contributed by atoms with Crippen molar-refractivity contribution in [2.75, 3.05) is 19.7 Å². The zero-order valence-electron chi connectivity index (χ0n) is 30.8. The van der Waals surface area contributed by atoms with E-state index in [-0.39, 0.29) is 12.6 Å². The summed E-state index contributed by atoms with van der Waals surface area (Å²) < 4.78 is 24.9. The first kappa shape index (κ1) is 37.7. The first-order chi connectivity index (χ1) is 23.5. The molecule has 2 aliphatic rings. The monoisotopic (exact) mass is 703 g/mol. The van der Waals surface area contributed by atoms with Crippen molar-refractivity contribution >= 4 is 23.9 Å². The highest BCUT2D eigenvalue weighted by molar-refractivity contribution is 7.99. The Morgan fingerprint density at radius 2 is 1.14 bits per heavy atom. The second-order valence-corrected chi connectivity index (χ2v) is 16.5. The lowest BCUT2D eigenvalue weighted by Crippen LogP contribution is -2.49. The fourth-order valence-corrected chi connectivity index (χ4v) is 8.16. The number of carbonyl (C=O) groups excluding carboxylic acids is 2. The number of nitrogens with zero attached hydrogens (tertiary/aromatic N) is 3. The molecule has 2 amide bonds. The SMILES string of the molecule is CC1(C)CN(C(=O)OCC[C@@H]([C@@H](OC(=O)N2CC(C)(C)OC2(C)C)Sc2ccccc2)N(Cc2ccccc2)Cc2ccccc2)C(C)(C)O1. The Morgan fingerprint density at radius 3 is 1.58 bits per heavy atom. The molecule has 2 atom stereocenters. The van der Waals surface area contributed by atoms with Crippen LogP contribution in [-0.2, 0) is 32.0 Å². The number of thioether (sulfide) groups is 1. The predicted octanol–water partition coefficient (Wildman–Crippen LogP) is 8.53. The molecule has 3 aromatic rings. The molecule has 2 fully saturated rings. The Kier molecular flexibility index (Phi) is 11.6. The van der Waals surface area contributed by atoms with Crippen molar-refractivity contribution in [1.29, 1.82) is 0 Å². The van der Waals surface area contributed by atoms with Crippen LogP contribution in [0.5, 0.6) is 0 Å². The summed E-state index contributed by atoms with van der Waals surface area (Å²) in [4.78, 5) is 34.3. The van der Waals surface area contributed by atoms with Gasteiger partial charge in [-0.3, -0.25) is 14.7 Å². The highest BCUT2D eigenvalue weighted by Crippen LogP contribution is 2.38. The van der Waals surface area contributed by atoms with Gasteiger partial charge in [0.1, 0.15) is 11.4 Å². The van der Waals surface area contributed by atoms with E-state index >= 15 is 0 Å². The van der Waals surface area contributed by atoms with Crippen molar-refractivity contribution in [3.05, 3.63) is 102 Å². The quantitative estimate of drug-likeness (QED) is 0.137. The van der Waals surface area contributed by atoms with E-state index in [9.17, 15) is 9.59 Å². The number of hydrogen-bond acceptors (Lipinski definition) is 8. The maximum absolute atomic E-state index is 14.2. The standard InChI is InChI=1S/C40H53N3O6S/c1-37(2)28-42(39(5,6)48-37)35(44)46-25-24-33(41(26-30-18-12-9-13-19-30)27-31-20-14-10-15-21-31)34(50-32-22-16-11-17-23-32)47-36(45)43-29-38(3,4)49-40(43,7)8/h9-23,33-34H,24-29H2,1-8H3/t33-,34-/m0/s1. The summed E-state index contributed by atoms with van der Waals surface area (Å²) in [5.41, 5.74) is -1.08. The van der Waals surface area contributed by atoms with Crippen LogP contribution in [0.3, 0.4) is 0 Å². The molecule has 0 spiro atoms. The Morgan fingerprint density at radius 1 is 0.700 bits per heavy atom. The predicted molar refractivity (Wildman–Crippen MR) is 196 cm³/mol. The maximum atomic E-state index is 14.2. The van der Waals surface area contributed by atoms with Crippen LogP contribution in [0.2, 0.25) is 0 Å². The van der Waals surface area contributed by atoms with Gasteiger partial charge in [-0.2, -0.15) is 0 Å². The third kappa shape index (κ3) is 9.81. The minimum absolute atomic E-state index is 0.116. The van der Waals surface area contributed by atoms with E-state index in [1.165, 1.54) is 11.8 Å². The number of rotatable bonds is 12. The molecule has 0 N–H and O–H groups in total. The van der Waals surface area contributed by atoms with Crippen LogP contribution >= 0.6 is 11.8 Å². The lowest BCUT2D eigenvalue weighted by molar-refractivity contribution is -0.102. The third-order valence-corrected chi connectivity index (χ3v) is 10.1. The van der Waals surface area contributed by atoms with Gasteiger partial charge in [0, 0.05) is 24.4 Å². The first-order valence-corrected chi connectivity index (χ1v) is 18.3. The zero-order chi connectivity index (χ0) is 36.2. The molecular weight excluding hydrogens is 651 g/mol. The van der Waals surface area contributed by atoms with E-state index in [0.29, 0.717) is 32.6 Å². The zero-order valence-corrected chi connectivity index (χ0v) is 31.6. The van der Waals surface area contributed by atoms with Crippen molar-refractivity contribution < 1.29 is 28.5 Å². The van der Waals surface area contributed by atoms with Crippen molar-refractivity contribution in [2.24, 2.45) is 0 Å². The molecule has 50 heavy (non-hydrogen) atoms. The molecule has 0 aromatic heterocycles. The van der Waals surface area contributed by atoms with Gasteiger partial charge in [-0.25, -0.2) is 9.59 Å². The number of carbonyl (C=O) groups is 2. The minimum atomic E-state index is -0.848. The topological polar surface area (TPSA) is 80.8 Å². The van der Waals surface area contributed by atoms with Gasteiger partial charge in [0.2, 0.25) is 0 Å². The summed E-state index contributed by atoms with van der Waals surface area (Å²) >= 11 is 1.49. The Hall–Kier alpha value is -3.57. The van der Waals surface area contributed by atoms with Crippen LogP contribution in [0.25, 0.3) is 0 Å². The van der Waals surface area contributed by atoms with Crippen LogP contribution in [0.1, 0.15) is 72.9 Å². The fourth-order valence-electron chi connectivity index (χ4n) is 6.98. The molecule has 2 aliphatic heterocycles. The van der Waals surface area contributed by atoms with E-state index < -0.39 is 40.3 Å². The number of ether oxygens (including phenoxy) is 4. The van der Waals surface area contributed by atoms with Crippen LogP contribution in [0.15, 0.2) is 95.9 Å². The summed E-state index contributed by atoms with van der Waals surface area (Å²) in [5, 5.41) is 0. The van der Waals surface area contributed by atoms with Crippen LogP contribution in [0, 0.1) is 0 Å². The molecular formula is C40H53N3O6S. The average Bonchev–Trinajstić information content (AvgIpc) is 3.43. The molecule has 0 bridgehead atoms. The molecule has 0 unspecified atom stereocenters. The van der Waals surface area contributed by atoms with E-state index in [4.69, 9.17) is 18.9 Å². The van der Waals surface area contributed by atoms with Crippen molar-refractivity contribution in [3.8, 4) is 0 Å². The van der Waals surface area contributed by atoms with Gasteiger partial charge in [0.05, 0.1) is 36.9 Å². The van der Waals surface area contributed by atoms with Gasteiger partial charge in [-0.15, -0.1) is 0 Å². The van der Waals surface area contributed by atoms with Crippen molar-refractivity contribution in [2.45, 2.75) is 114 Å². The molecule has 10 heteroatoms. The van der Waals surface area contributed by atoms with Gasteiger partial charge < -0.3 is 18.9 Å². The Labute approximate surface area is 302 Å². The van der Waals surface area contributed by atoms with Crippen LogP contribution in [0.4, 0.5) is 9.59 Å². The van der Waals surface area contributed by atoms with Crippen molar-refractivity contribution in [3.63, 3.8) is 0 Å². The molecule has 2 saturated heterocycles. The average molecular weight is 704 g/mol. The maximum Gasteiger partial charge on any atom is 0.413 e. The highest BCUT2D eigenvalue weighted by Gasteiger charge is 2.49. The van der Waals surface area contributed by atoms with Gasteiger partial charge in [-0.1, -0.05) is 90.6 Å². The summed E-state index contributed by atoms with van der Waals surface area (Å²) in [6, 6.07) is 30.1. The van der Waals surface area contributed by atoms with E-state index in [1.54, 1.807) is 9.80 Å². The summed E-state index contributed by atoms with van der Waals surface area (Å²) in [6.07, 6.45) is -0.472. The summed E-state index contributed by atoms with van der Waals surface area (Å²) in [5.74, 6) is 0. The van der Waals surface area contributed by atoms with Crippen LogP contribution in [-0.4, -0.2) is 80.7 Å². The van der Waals surface area contributed by atoms with Gasteiger partial charge in [0.25, 0.3) is 0 Å². The minimum Gasteiger partial charge on any atom is -0.449 e. The largest absolute Gasteiger partial charge is 0.449 e. The molecule has 0 radical (unpaired) electrons. The Balaban J connectivity index is 1.49. The number of amides is 2. The van der Waals surface area contributed by atoms with Gasteiger partial charge >= 0.3 is 12.2 Å². The highest BCUT2D eigenvalue weighted by atomic mass is 32.2. The van der Waals surface area contributed by atoms with Crippen molar-refractivity contribution in [1.82, 2.24) is 14.7 Å². The van der Waals surface area contributed by atoms with Gasteiger partial charge in [0.15, 0.2) is 5.44 Å². The molecule has 2 heterocycles. The van der Waals surface area contributed by atoms with E-state index in [2.05, 4.69) is 29.2 Å². The fraction of sp³-hybridized carbons (Fsp3) is 0.500. The molecule has 0 saturated carbocycles. The van der Waals surface area contributed by atoms with E-state index in [1.807, 2.05) is 122 Å². The summed E-state index contributed by atoms with van der Waals surface area (Å²) in [7, 11) is 0. The van der Waals surface area contributed by atoms with E-state index in [0.717, 1.165) is 16.0 Å². The summed E-state index contributed by atoms with van der Waals surface area (Å²) in [6.45, 7) is 17.5. The number of hydrogen-bond donors (Lipinski definition) is 0. The third-order valence-electron chi connectivity index (χ3n) is 8.96. The normalized spacial score (nSPS) is 20.0. The smallest absolute Gasteiger partial charge is 0.413 e. The second-order valence-electron chi connectivity index (χ2n) is 15.3. The molecule has 9 nitrogen and oxygen atoms in total. The second kappa shape index (κ2) is 15.4.